The Morgan fingerprint density at radius 3 is 0.730 bits per heavy atom. The van der Waals surface area contributed by atoms with Crippen molar-refractivity contribution in [1.29, 1.82) is 0 Å². The summed E-state index contributed by atoms with van der Waals surface area (Å²) in [5.41, 5.74) is 0. The summed E-state index contributed by atoms with van der Waals surface area (Å²) in [6, 6.07) is 75.8. The van der Waals surface area contributed by atoms with Crippen LogP contribution in [0.1, 0.15) is 176 Å². The van der Waals surface area contributed by atoms with E-state index in [9.17, 15) is 0 Å². The van der Waals surface area contributed by atoms with E-state index in [1.54, 1.807) is 26.8 Å². The quantitative estimate of drug-likeness (QED) is 0.0208. The summed E-state index contributed by atoms with van der Waals surface area (Å²) in [6.07, 6.45) is 30.4. The number of benzene rings is 6. The molecule has 0 aliphatic carbocycles. The average molecular weight is 1990 g/mol. The number of hydrogen-bond donors (Lipinski definition) is 0. The SMILES string of the molecule is CCCCCCCCCCCCO[Si](C)(C)SCCC[SiH](C)C.CCCCCCCCO[Si](C)(C)SCCC[SiH](C)C.CCO[Si](OCC)(OCC)SCCC[SiH](C)C.C[SiH](C)CCCS[Si](C)(C)c1ccccc1.C[SiH](C)CCCS[Si](C)(c1ccccc1)c1ccccc1.C[SiH](C)CCCS[Si](c1ccccc1)(c1ccccc1)c1ccccc1. The van der Waals surface area contributed by atoms with Crippen LogP contribution in [0, 0.1) is 0 Å². The average Bonchev–Trinajstić information content (AvgIpc) is 0.752. The minimum Gasteiger partial charge on any atom is -0.407 e. The van der Waals surface area contributed by atoms with Crippen molar-refractivity contribution in [2.24, 2.45) is 0 Å². The molecular weight excluding hydrogens is 1800 g/mol. The molecule has 0 spiro atoms. The van der Waals surface area contributed by atoms with Crippen LogP contribution in [0.4, 0.5) is 0 Å². The largest absolute Gasteiger partial charge is 0.573 e. The lowest BCUT2D eigenvalue weighted by Gasteiger charge is -2.33. The van der Waals surface area contributed by atoms with Crippen LogP contribution in [-0.4, -0.2) is 165 Å². The normalized spacial score (nSPS) is 12.0. The first kappa shape index (κ1) is 120. The highest BCUT2D eigenvalue weighted by molar-refractivity contribution is 8.33. The molecule has 0 heterocycles. The zero-order valence-electron chi connectivity index (χ0n) is 82.9. The monoisotopic (exact) mass is 1980 g/mol. The van der Waals surface area contributed by atoms with E-state index in [1.807, 2.05) is 20.8 Å². The van der Waals surface area contributed by atoms with E-state index in [2.05, 4.69) is 376 Å². The molecule has 0 saturated carbocycles. The Labute approximate surface area is 796 Å². The van der Waals surface area contributed by atoms with Crippen LogP contribution in [-0.2, 0) is 22.1 Å². The predicted octanol–water partition coefficient (Wildman–Crippen LogP) is 28.0. The fourth-order valence-corrected chi connectivity index (χ4v) is 54.5. The van der Waals surface area contributed by atoms with Gasteiger partial charge in [0.15, 0.2) is 7.22 Å². The molecule has 6 aromatic rings. The van der Waals surface area contributed by atoms with Crippen molar-refractivity contribution in [1.82, 2.24) is 0 Å². The maximum atomic E-state index is 6.22. The molecule has 122 heavy (non-hydrogen) atoms. The molecule has 0 radical (unpaired) electrons. The van der Waals surface area contributed by atoms with Gasteiger partial charge in [-0.2, -0.15) is 56.1 Å². The van der Waals surface area contributed by atoms with Crippen molar-refractivity contribution >= 4 is 196 Å². The van der Waals surface area contributed by atoms with Crippen LogP contribution in [0.2, 0.25) is 161 Å². The van der Waals surface area contributed by atoms with E-state index in [0.717, 1.165) is 19.0 Å². The molecule has 696 valence electrons. The molecule has 0 fully saturated rings. The number of hydrogen-bond acceptors (Lipinski definition) is 11. The number of rotatable bonds is 62. The maximum Gasteiger partial charge on any atom is 0.573 e. The van der Waals surface area contributed by atoms with Crippen molar-refractivity contribution in [2.75, 3.05) is 67.6 Å². The van der Waals surface area contributed by atoms with Crippen molar-refractivity contribution in [2.45, 2.75) is 337 Å². The van der Waals surface area contributed by atoms with E-state index in [-0.39, 0.29) is 26.4 Å². The number of unbranched alkanes of at least 4 members (excludes halogenated alkanes) is 14. The zero-order chi connectivity index (χ0) is 90.5. The summed E-state index contributed by atoms with van der Waals surface area (Å²) >= 11 is 12.8. The van der Waals surface area contributed by atoms with Gasteiger partial charge in [-0.15, -0.1) is 0 Å². The van der Waals surface area contributed by atoms with Crippen molar-refractivity contribution in [3.8, 4) is 0 Å². The fourth-order valence-electron chi connectivity index (χ4n) is 14.1. The van der Waals surface area contributed by atoms with Gasteiger partial charge in [-0.1, -0.05) is 431 Å². The highest BCUT2D eigenvalue weighted by Gasteiger charge is 2.42. The van der Waals surface area contributed by atoms with E-state index >= 15 is 0 Å². The lowest BCUT2D eigenvalue weighted by molar-refractivity contribution is 0.0966. The summed E-state index contributed by atoms with van der Waals surface area (Å²) in [5.74, 6) is 7.65. The second-order valence-corrected chi connectivity index (χ2v) is 99.2. The van der Waals surface area contributed by atoms with Crippen LogP contribution >= 0.6 is 67.3 Å². The van der Waals surface area contributed by atoms with Crippen LogP contribution in [0.5, 0.6) is 0 Å². The first-order chi connectivity index (χ1) is 58.4. The molecule has 0 aliphatic heterocycles. The summed E-state index contributed by atoms with van der Waals surface area (Å²) < 4.78 is 29.7. The third kappa shape index (κ3) is 60.1. The Hall–Kier alpha value is -0.177. The molecule has 6 aromatic carbocycles. The highest BCUT2D eigenvalue weighted by Crippen LogP contribution is 2.30. The molecule has 0 unspecified atom stereocenters. The third-order valence-electron chi connectivity index (χ3n) is 21.4. The van der Waals surface area contributed by atoms with Gasteiger partial charge in [0.2, 0.25) is 22.2 Å². The maximum absolute atomic E-state index is 6.22. The molecule has 0 aliphatic rings. The van der Waals surface area contributed by atoms with Gasteiger partial charge in [0.05, 0.1) is 0 Å². The van der Waals surface area contributed by atoms with Gasteiger partial charge in [0.25, 0.3) is 0 Å². The predicted molar refractivity (Wildman–Crippen MR) is 609 cm³/mol. The minimum atomic E-state index is -2.44. The summed E-state index contributed by atoms with van der Waals surface area (Å²) in [6.45, 7) is 60.8. The molecule has 23 heteroatoms. The van der Waals surface area contributed by atoms with Crippen LogP contribution in [0.3, 0.4) is 0 Å². The second-order valence-electron chi connectivity index (χ2n) is 37.0. The molecular formula is C99H186O5S6Si12. The first-order valence-electron chi connectivity index (χ1n) is 48.8. The van der Waals surface area contributed by atoms with E-state index < -0.39 is 70.9 Å². The molecule has 6 rings (SSSR count). The van der Waals surface area contributed by atoms with Gasteiger partial charge in [-0.25, -0.2) is 0 Å². The third-order valence-corrected chi connectivity index (χ3v) is 69.1. The van der Waals surface area contributed by atoms with Gasteiger partial charge >= 0.3 is 7.95 Å². The van der Waals surface area contributed by atoms with Gasteiger partial charge in [-0.05, 0) is 164 Å². The van der Waals surface area contributed by atoms with Gasteiger partial charge in [0.1, 0.15) is 7.22 Å². The fraction of sp³-hybridized carbons (Fsp3) is 0.636. The topological polar surface area (TPSA) is 46.2 Å². The first-order valence-corrected chi connectivity index (χ1v) is 92.9. The van der Waals surface area contributed by atoms with Crippen LogP contribution in [0.25, 0.3) is 0 Å². The molecule has 5 nitrogen and oxygen atoms in total. The zero-order valence-corrected chi connectivity index (χ0v) is 101. The molecule has 0 saturated heterocycles. The summed E-state index contributed by atoms with van der Waals surface area (Å²) in [5, 5.41) is 9.19. The van der Waals surface area contributed by atoms with Gasteiger partial charge < -0.3 is 22.1 Å². The Bertz CT molecular complexity index is 3120. The molecule has 0 bridgehead atoms. The van der Waals surface area contributed by atoms with E-state index in [4.69, 9.17) is 22.1 Å². The van der Waals surface area contributed by atoms with Gasteiger partial charge in [-0.3, -0.25) is 0 Å². The van der Waals surface area contributed by atoms with Crippen molar-refractivity contribution in [3.05, 3.63) is 182 Å². The highest BCUT2D eigenvalue weighted by atomic mass is 32.4. The van der Waals surface area contributed by atoms with Gasteiger partial charge in [0, 0.05) is 85.8 Å². The molecule has 0 atom stereocenters. The van der Waals surface area contributed by atoms with E-state index in [1.165, 1.54) is 222 Å². The van der Waals surface area contributed by atoms with Crippen molar-refractivity contribution < 1.29 is 22.1 Å². The lowest BCUT2D eigenvalue weighted by atomic mass is 10.1. The Kier molecular flexibility index (Phi) is 73.9. The standard InChI is InChI=1S/C23H28SSi2.C19H44OSSi2.C18H26SSi2.C15H36OSSi2.C13H24SSi2.C11H28O3SSi2/c1-25(2)20-12-19-24-26(21-13-6-3-7-14-21,22-15-8-4-9-16-22)23-17-10-5-11-18-23;1-6-7-8-9-10-11-12-13-14-15-17-20-23(4,5)21-18-16-19-22(2)3;1-20(2)16-10-15-19-21(3,17-11-6-4-7-12-17)18-13-8-5-9-14-18;1-6-7-8-9-10-11-13-16-19(4,5)17-14-12-15-18(2)3;1-15(2)12-8-11-14-16(3,4)13-9-6-5-7-10-13;1-6-12-17(13-7-2,14-8-3)15-10-9-11-16(4)5/h3-11,13-18,25H,12,19-20H2,1-2H3;22H,6-19H2,1-5H3;4-9,11-14,20H,10,15-16H2,1-3H3;18H,6-15H2,1-5H3;5-7,9-10,15H,8,11-12H2,1-4H3;16H,6-11H2,1-5H3. The van der Waals surface area contributed by atoms with E-state index in [0.29, 0.717) is 19.8 Å². The molecule has 0 N–H and O–H groups in total. The smallest absolute Gasteiger partial charge is 0.407 e. The second kappa shape index (κ2) is 75.3. The Morgan fingerprint density at radius 2 is 0.459 bits per heavy atom. The van der Waals surface area contributed by atoms with Crippen molar-refractivity contribution in [3.63, 3.8) is 0 Å². The summed E-state index contributed by atoms with van der Waals surface area (Å²) in [4.78, 5) is 0. The van der Waals surface area contributed by atoms with Crippen LogP contribution in [0.15, 0.2) is 182 Å². The Balaban J connectivity index is 0.000000738. The summed E-state index contributed by atoms with van der Waals surface area (Å²) in [7, 11) is -12.5. The Morgan fingerprint density at radius 1 is 0.230 bits per heavy atom. The molecule has 0 amide bonds. The van der Waals surface area contributed by atoms with Crippen LogP contribution < -0.4 is 31.1 Å². The lowest BCUT2D eigenvalue weighted by Crippen LogP contribution is -2.64. The minimum absolute atomic E-state index is 0.328. The molecule has 0 aromatic heterocycles.